The van der Waals surface area contributed by atoms with E-state index >= 15 is 0 Å². The standard InChI is InChI=1S/C14H19F2NO2/c15-12-4-3-11(6-13(12)16)14(19)8-17-5-1-2-10(7-17)9-18/h3-4,6,10,14,18-19H,1-2,5,7-9H2. The normalized spacial score (nSPS) is 22.4. The molecule has 0 radical (unpaired) electrons. The number of halogens is 2. The van der Waals surface area contributed by atoms with Gasteiger partial charge in [0.1, 0.15) is 0 Å². The van der Waals surface area contributed by atoms with Crippen LogP contribution in [0.15, 0.2) is 18.2 Å². The molecule has 1 aliphatic heterocycles. The van der Waals surface area contributed by atoms with Gasteiger partial charge >= 0.3 is 0 Å². The van der Waals surface area contributed by atoms with Crippen molar-refractivity contribution in [1.82, 2.24) is 4.90 Å². The minimum Gasteiger partial charge on any atom is -0.396 e. The number of aliphatic hydroxyl groups is 2. The van der Waals surface area contributed by atoms with Crippen LogP contribution < -0.4 is 0 Å². The summed E-state index contributed by atoms with van der Waals surface area (Å²) in [6.45, 7) is 2.12. The van der Waals surface area contributed by atoms with Crippen LogP contribution in [0.4, 0.5) is 8.78 Å². The molecule has 2 rings (SSSR count). The Hall–Kier alpha value is -1.04. The number of rotatable bonds is 4. The summed E-state index contributed by atoms with van der Waals surface area (Å²) in [5.74, 6) is -1.61. The summed E-state index contributed by atoms with van der Waals surface area (Å²) in [5, 5.41) is 19.2. The van der Waals surface area contributed by atoms with Gasteiger partial charge in [0.25, 0.3) is 0 Å². The molecule has 2 N–H and O–H groups in total. The van der Waals surface area contributed by atoms with E-state index in [0.717, 1.165) is 38.1 Å². The van der Waals surface area contributed by atoms with Gasteiger partial charge in [0.15, 0.2) is 11.6 Å². The van der Waals surface area contributed by atoms with E-state index in [1.54, 1.807) is 0 Å². The zero-order valence-electron chi connectivity index (χ0n) is 10.7. The maximum Gasteiger partial charge on any atom is 0.159 e. The van der Waals surface area contributed by atoms with E-state index in [9.17, 15) is 13.9 Å². The number of likely N-dealkylation sites (tertiary alicyclic amines) is 1. The first-order valence-corrected chi connectivity index (χ1v) is 6.56. The molecule has 1 aromatic rings. The Labute approximate surface area is 111 Å². The van der Waals surface area contributed by atoms with Gasteiger partial charge in [0.05, 0.1) is 6.10 Å². The second-order valence-electron chi connectivity index (χ2n) is 5.14. The maximum absolute atomic E-state index is 13.1. The van der Waals surface area contributed by atoms with Crippen molar-refractivity contribution in [2.24, 2.45) is 5.92 Å². The van der Waals surface area contributed by atoms with E-state index < -0.39 is 17.7 Å². The van der Waals surface area contributed by atoms with Gasteiger partial charge in [-0.15, -0.1) is 0 Å². The van der Waals surface area contributed by atoms with Crippen molar-refractivity contribution in [3.63, 3.8) is 0 Å². The van der Waals surface area contributed by atoms with Crippen LogP contribution in [-0.2, 0) is 0 Å². The highest BCUT2D eigenvalue weighted by molar-refractivity contribution is 5.20. The van der Waals surface area contributed by atoms with Gasteiger partial charge in [0.2, 0.25) is 0 Å². The summed E-state index contributed by atoms with van der Waals surface area (Å²) in [5.41, 5.74) is 0.380. The molecular weight excluding hydrogens is 252 g/mol. The van der Waals surface area contributed by atoms with Gasteiger partial charge in [-0.05, 0) is 43.0 Å². The molecule has 1 aromatic carbocycles. The van der Waals surface area contributed by atoms with Crippen LogP contribution in [0.25, 0.3) is 0 Å². The molecule has 0 aliphatic carbocycles. The predicted octanol–water partition coefficient (Wildman–Crippen LogP) is 1.70. The fraction of sp³-hybridized carbons (Fsp3) is 0.571. The van der Waals surface area contributed by atoms with E-state index in [2.05, 4.69) is 4.90 Å². The summed E-state index contributed by atoms with van der Waals surface area (Å²) >= 11 is 0. The van der Waals surface area contributed by atoms with Gasteiger partial charge in [-0.25, -0.2) is 8.78 Å². The fourth-order valence-electron chi connectivity index (χ4n) is 2.54. The van der Waals surface area contributed by atoms with E-state index in [1.165, 1.54) is 6.07 Å². The van der Waals surface area contributed by atoms with Gasteiger partial charge in [-0.2, -0.15) is 0 Å². The Balaban J connectivity index is 1.96. The molecule has 1 fully saturated rings. The minimum atomic E-state index is -0.941. The lowest BCUT2D eigenvalue weighted by Crippen LogP contribution is -2.39. The fourth-order valence-corrected chi connectivity index (χ4v) is 2.54. The highest BCUT2D eigenvalue weighted by Gasteiger charge is 2.22. The summed E-state index contributed by atoms with van der Waals surface area (Å²) in [4.78, 5) is 2.05. The molecule has 3 nitrogen and oxygen atoms in total. The first-order valence-electron chi connectivity index (χ1n) is 6.56. The van der Waals surface area contributed by atoms with Crippen molar-refractivity contribution < 1.29 is 19.0 Å². The number of hydrogen-bond acceptors (Lipinski definition) is 3. The molecule has 0 aromatic heterocycles. The first kappa shape index (κ1) is 14.4. The third-order valence-electron chi connectivity index (χ3n) is 3.62. The van der Waals surface area contributed by atoms with Crippen LogP contribution in [0.5, 0.6) is 0 Å². The van der Waals surface area contributed by atoms with Crippen LogP contribution in [0.1, 0.15) is 24.5 Å². The molecule has 1 aliphatic rings. The minimum absolute atomic E-state index is 0.151. The maximum atomic E-state index is 13.1. The predicted molar refractivity (Wildman–Crippen MR) is 67.6 cm³/mol. The molecule has 1 heterocycles. The quantitative estimate of drug-likeness (QED) is 0.876. The molecule has 19 heavy (non-hydrogen) atoms. The smallest absolute Gasteiger partial charge is 0.159 e. The van der Waals surface area contributed by atoms with E-state index in [-0.39, 0.29) is 12.5 Å². The lowest BCUT2D eigenvalue weighted by molar-refractivity contribution is 0.0676. The van der Waals surface area contributed by atoms with Crippen molar-refractivity contribution >= 4 is 0 Å². The SMILES string of the molecule is OCC1CCCN(CC(O)c2ccc(F)c(F)c2)C1. The average Bonchev–Trinajstić information content (AvgIpc) is 2.42. The Bertz CT molecular complexity index is 428. The van der Waals surface area contributed by atoms with Crippen LogP contribution in [0.3, 0.4) is 0 Å². The monoisotopic (exact) mass is 271 g/mol. The lowest BCUT2D eigenvalue weighted by Gasteiger charge is -2.33. The molecule has 106 valence electrons. The molecule has 2 atom stereocenters. The molecule has 0 bridgehead atoms. The number of β-amino-alcohol motifs (C(OH)–C–C–N with tert-alkyl or cyclic N) is 1. The molecule has 1 saturated heterocycles. The first-order chi connectivity index (χ1) is 9.10. The second-order valence-corrected chi connectivity index (χ2v) is 5.14. The summed E-state index contributed by atoms with van der Waals surface area (Å²) < 4.78 is 25.9. The van der Waals surface area contributed by atoms with Crippen LogP contribution in [0, 0.1) is 17.6 Å². The lowest BCUT2D eigenvalue weighted by atomic mass is 9.98. The molecule has 0 amide bonds. The van der Waals surface area contributed by atoms with Crippen LogP contribution >= 0.6 is 0 Å². The molecule has 5 heteroatoms. The number of piperidine rings is 1. The Morgan fingerprint density at radius 1 is 1.32 bits per heavy atom. The van der Waals surface area contributed by atoms with Crippen LogP contribution in [-0.4, -0.2) is 41.4 Å². The average molecular weight is 271 g/mol. The Morgan fingerprint density at radius 2 is 2.11 bits per heavy atom. The highest BCUT2D eigenvalue weighted by Crippen LogP contribution is 2.21. The van der Waals surface area contributed by atoms with Crippen LogP contribution in [0.2, 0.25) is 0 Å². The zero-order chi connectivity index (χ0) is 13.8. The summed E-state index contributed by atoms with van der Waals surface area (Å²) in [6, 6.07) is 3.46. The number of aliphatic hydroxyl groups excluding tert-OH is 2. The van der Waals surface area contributed by atoms with Gasteiger partial charge in [-0.1, -0.05) is 6.07 Å². The topological polar surface area (TPSA) is 43.7 Å². The largest absolute Gasteiger partial charge is 0.396 e. The third kappa shape index (κ3) is 3.72. The van der Waals surface area contributed by atoms with E-state index in [0.29, 0.717) is 12.1 Å². The van der Waals surface area contributed by atoms with Crippen molar-refractivity contribution in [2.45, 2.75) is 18.9 Å². The van der Waals surface area contributed by atoms with Gasteiger partial charge in [-0.3, -0.25) is 0 Å². The van der Waals surface area contributed by atoms with E-state index in [1.807, 2.05) is 0 Å². The zero-order valence-corrected chi connectivity index (χ0v) is 10.7. The number of hydrogen-bond donors (Lipinski definition) is 2. The van der Waals surface area contributed by atoms with Crippen molar-refractivity contribution in [1.29, 1.82) is 0 Å². The third-order valence-corrected chi connectivity index (χ3v) is 3.62. The van der Waals surface area contributed by atoms with Gasteiger partial charge < -0.3 is 15.1 Å². The number of benzene rings is 1. The summed E-state index contributed by atoms with van der Waals surface area (Å²) in [7, 11) is 0. The summed E-state index contributed by atoms with van der Waals surface area (Å²) in [6.07, 6.45) is 1.14. The van der Waals surface area contributed by atoms with E-state index in [4.69, 9.17) is 5.11 Å². The Kier molecular flexibility index (Phi) is 4.85. The van der Waals surface area contributed by atoms with Gasteiger partial charge in [0, 0.05) is 19.7 Å². The van der Waals surface area contributed by atoms with Crippen molar-refractivity contribution in [3.8, 4) is 0 Å². The highest BCUT2D eigenvalue weighted by atomic mass is 19.2. The molecule has 0 spiro atoms. The van der Waals surface area contributed by atoms with Crippen molar-refractivity contribution in [2.75, 3.05) is 26.2 Å². The molecular formula is C14H19F2NO2. The molecule has 0 saturated carbocycles. The Morgan fingerprint density at radius 3 is 2.79 bits per heavy atom. The van der Waals surface area contributed by atoms with Crippen molar-refractivity contribution in [3.05, 3.63) is 35.4 Å². The number of nitrogens with zero attached hydrogens (tertiary/aromatic N) is 1. The second kappa shape index (κ2) is 6.41. The molecule has 2 unspecified atom stereocenters.